The van der Waals surface area contributed by atoms with Crippen molar-refractivity contribution in [1.82, 2.24) is 24.9 Å². The first-order valence-corrected chi connectivity index (χ1v) is 22.8. The van der Waals surface area contributed by atoms with Crippen molar-refractivity contribution in [3.05, 3.63) is 197 Å². The van der Waals surface area contributed by atoms with Gasteiger partial charge in [-0.3, -0.25) is 0 Å². The Hall–Kier alpha value is -7.44. The summed E-state index contributed by atoms with van der Waals surface area (Å²) in [6.07, 6.45) is 4.22. The summed E-state index contributed by atoms with van der Waals surface area (Å²) >= 11 is 0. The van der Waals surface area contributed by atoms with Crippen LogP contribution in [0.2, 0.25) is 0 Å². The number of benzene rings is 3. The molecule has 2 aliphatic heterocycles. The monoisotopic (exact) mass is 858 g/mol. The second-order valence-corrected chi connectivity index (χ2v) is 20.6. The van der Waals surface area contributed by atoms with E-state index in [1.165, 1.54) is 16.7 Å². The Morgan fingerprint density at radius 3 is 1.08 bits per heavy atom. The van der Waals surface area contributed by atoms with Crippen LogP contribution in [0.3, 0.4) is 0 Å². The molecule has 8 aromatic rings. The zero-order chi connectivity index (χ0) is 46.0. The van der Waals surface area contributed by atoms with Gasteiger partial charge in [0, 0.05) is 5.57 Å². The number of rotatable bonds is 3. The number of hydrogen-bond acceptors (Lipinski definition) is 6. The third-order valence-electron chi connectivity index (χ3n) is 12.5. The largest absolute Gasteiger partial charge is 0.247 e. The molecule has 10 rings (SSSR count). The zero-order valence-corrected chi connectivity index (χ0v) is 39.3. The highest BCUT2D eigenvalue weighted by atomic mass is 14.9. The van der Waals surface area contributed by atoms with E-state index < -0.39 is 0 Å². The predicted molar refractivity (Wildman–Crippen MR) is 273 cm³/mol. The first kappa shape index (κ1) is 42.5. The Kier molecular flexibility index (Phi) is 10.4. The zero-order valence-electron chi connectivity index (χ0n) is 39.3. The molecular formula is C60H54N6. The molecule has 0 radical (unpaired) electrons. The maximum absolute atomic E-state index is 5.31. The standard InChI is InChI=1S/C60H54N6/c1-58(2,3)42-25-19-37(20-26-42)40-31-53-47-14-10-13-45(61-47)35-52-46(39-23-29-44(30-24-39)60(7,8)9)36-57(64-52)51-18-12-17-50(63-51)56-34-41(38-21-27-43(28-22-38)59(4,5)6)33-55(66-56)49-16-11-15-48(62-49)54(32-40)65-53/h10-36H,1-9H3. The molecule has 0 N–H and O–H groups in total. The van der Waals surface area contributed by atoms with E-state index in [1.54, 1.807) is 0 Å². The highest BCUT2D eigenvalue weighted by Crippen LogP contribution is 2.37. The lowest BCUT2D eigenvalue weighted by atomic mass is 9.86. The van der Waals surface area contributed by atoms with Gasteiger partial charge in [0.15, 0.2) is 0 Å². The maximum atomic E-state index is 5.31. The second kappa shape index (κ2) is 16.2. The van der Waals surface area contributed by atoms with E-state index in [0.29, 0.717) is 0 Å². The summed E-state index contributed by atoms with van der Waals surface area (Å²) in [7, 11) is 0. The molecule has 0 spiro atoms. The number of aromatic nitrogens is 5. The molecule has 0 fully saturated rings. The fraction of sp³-hybridized carbons (Fsp3) is 0.200. The minimum atomic E-state index is 0.0261. The van der Waals surface area contributed by atoms with E-state index in [9.17, 15) is 0 Å². The van der Waals surface area contributed by atoms with Gasteiger partial charge in [-0.2, -0.15) is 0 Å². The molecule has 2 aliphatic rings. The van der Waals surface area contributed by atoms with E-state index in [1.807, 2.05) is 54.6 Å². The summed E-state index contributed by atoms with van der Waals surface area (Å²) in [4.78, 5) is 31.8. The molecule has 5 aromatic heterocycles. The van der Waals surface area contributed by atoms with Gasteiger partial charge in [0.05, 0.1) is 68.3 Å². The Morgan fingerprint density at radius 1 is 0.303 bits per heavy atom. The van der Waals surface area contributed by atoms with E-state index in [4.69, 9.17) is 29.9 Å². The van der Waals surface area contributed by atoms with Crippen molar-refractivity contribution >= 4 is 17.4 Å². The molecule has 0 amide bonds. The molecule has 0 saturated heterocycles. The van der Waals surface area contributed by atoms with Gasteiger partial charge in [0.1, 0.15) is 0 Å². The average molecular weight is 859 g/mol. The summed E-state index contributed by atoms with van der Waals surface area (Å²) in [5.74, 6) is 0. The van der Waals surface area contributed by atoms with Gasteiger partial charge in [-0.05, 0) is 134 Å². The van der Waals surface area contributed by atoms with Crippen molar-refractivity contribution in [2.45, 2.75) is 78.6 Å². The highest BCUT2D eigenvalue weighted by molar-refractivity contribution is 6.18. The third kappa shape index (κ3) is 8.59. The van der Waals surface area contributed by atoms with Crippen molar-refractivity contribution < 1.29 is 0 Å². The molecule has 66 heavy (non-hydrogen) atoms. The van der Waals surface area contributed by atoms with Crippen LogP contribution in [0.25, 0.3) is 79.5 Å². The molecule has 7 heterocycles. The normalized spacial score (nSPS) is 13.5. The number of hydrogen-bond donors (Lipinski definition) is 0. The van der Waals surface area contributed by atoms with Gasteiger partial charge >= 0.3 is 0 Å². The summed E-state index contributed by atoms with van der Waals surface area (Å²) in [5.41, 5.74) is 19.3. The van der Waals surface area contributed by atoms with Gasteiger partial charge in [-0.15, -0.1) is 0 Å². The van der Waals surface area contributed by atoms with Gasteiger partial charge in [0.2, 0.25) is 0 Å². The number of fused-ring (bicyclic) bond motifs is 16. The van der Waals surface area contributed by atoms with Crippen LogP contribution in [0.5, 0.6) is 0 Å². The quantitative estimate of drug-likeness (QED) is 0.177. The Bertz CT molecular complexity index is 3260. The minimum Gasteiger partial charge on any atom is -0.247 e. The number of allylic oxidation sites excluding steroid dienone is 2. The number of pyridine rings is 5. The lowest BCUT2D eigenvalue weighted by Crippen LogP contribution is -2.10. The van der Waals surface area contributed by atoms with Crippen LogP contribution in [0.4, 0.5) is 0 Å². The van der Waals surface area contributed by atoms with Gasteiger partial charge < -0.3 is 0 Å². The fourth-order valence-corrected chi connectivity index (χ4v) is 8.55. The van der Waals surface area contributed by atoms with Crippen LogP contribution in [-0.2, 0) is 16.2 Å². The topological polar surface area (TPSA) is 76.8 Å². The number of aliphatic imine (C=N–C) groups is 1. The summed E-state index contributed by atoms with van der Waals surface area (Å²) in [6.45, 7) is 20.2. The lowest BCUT2D eigenvalue weighted by Gasteiger charge is -2.19. The molecule has 0 saturated carbocycles. The molecule has 12 bridgehead atoms. The van der Waals surface area contributed by atoms with Crippen LogP contribution < -0.4 is 0 Å². The first-order valence-electron chi connectivity index (χ1n) is 22.8. The number of nitrogens with zero attached hydrogens (tertiary/aromatic N) is 6. The average Bonchev–Trinajstić information content (AvgIpc) is 3.74. The highest BCUT2D eigenvalue weighted by Gasteiger charge is 2.23. The molecule has 6 heteroatoms. The molecule has 3 aromatic carbocycles. The predicted octanol–water partition coefficient (Wildman–Crippen LogP) is 14.8. The Balaban J connectivity index is 1.20. The molecule has 0 unspecified atom stereocenters. The molecule has 0 atom stereocenters. The summed E-state index contributed by atoms with van der Waals surface area (Å²) in [6, 6.07) is 53.3. The van der Waals surface area contributed by atoms with Crippen molar-refractivity contribution in [1.29, 1.82) is 0 Å². The van der Waals surface area contributed by atoms with Crippen molar-refractivity contribution in [3.63, 3.8) is 0 Å². The molecule has 6 nitrogen and oxygen atoms in total. The van der Waals surface area contributed by atoms with Gasteiger partial charge in [-0.25, -0.2) is 29.9 Å². The van der Waals surface area contributed by atoms with Gasteiger partial charge in [-0.1, -0.05) is 153 Å². The van der Waals surface area contributed by atoms with Crippen LogP contribution in [0.1, 0.15) is 96.0 Å². The van der Waals surface area contributed by atoms with Crippen LogP contribution in [0, 0.1) is 0 Å². The SMILES string of the molecule is CC(C)(C)c1ccc(C2=CC3=NC2=Cc2cccc(n2)-c2cc(-c4ccc(C(C)(C)C)cc4)cc(n2)-c2cccc(n2)-c2cc(-c4ccc(C(C)(C)C)cc4)cc(n2)-c2cccc3n2)cc1. The molecular weight excluding hydrogens is 805 g/mol. The van der Waals surface area contributed by atoms with E-state index in [2.05, 4.69) is 172 Å². The smallest absolute Gasteiger partial charge is 0.0900 e. The fourth-order valence-electron chi connectivity index (χ4n) is 8.55. The van der Waals surface area contributed by atoms with Crippen LogP contribution in [0.15, 0.2) is 168 Å². The van der Waals surface area contributed by atoms with Crippen molar-refractivity contribution in [3.8, 4) is 67.8 Å². The van der Waals surface area contributed by atoms with E-state index in [0.717, 1.165) is 102 Å². The second-order valence-electron chi connectivity index (χ2n) is 20.6. The van der Waals surface area contributed by atoms with Crippen LogP contribution in [-0.4, -0.2) is 30.6 Å². The third-order valence-corrected chi connectivity index (χ3v) is 12.5. The van der Waals surface area contributed by atoms with Crippen molar-refractivity contribution in [2.75, 3.05) is 0 Å². The Labute approximate surface area is 389 Å². The molecule has 0 aliphatic carbocycles. The van der Waals surface area contributed by atoms with Crippen molar-refractivity contribution in [2.24, 2.45) is 4.99 Å². The Morgan fingerprint density at radius 2 is 0.652 bits per heavy atom. The van der Waals surface area contributed by atoms with Gasteiger partial charge in [0.25, 0.3) is 0 Å². The van der Waals surface area contributed by atoms with E-state index >= 15 is 0 Å². The maximum Gasteiger partial charge on any atom is 0.0900 e. The first-order chi connectivity index (χ1) is 31.5. The summed E-state index contributed by atoms with van der Waals surface area (Å²) in [5, 5.41) is 0. The van der Waals surface area contributed by atoms with Crippen LogP contribution >= 0.6 is 0 Å². The minimum absolute atomic E-state index is 0.0261. The summed E-state index contributed by atoms with van der Waals surface area (Å²) < 4.78 is 0. The molecule has 324 valence electrons. The lowest BCUT2D eigenvalue weighted by molar-refractivity contribution is 0.590. The van der Waals surface area contributed by atoms with E-state index in [-0.39, 0.29) is 16.2 Å².